The Kier molecular flexibility index (Phi) is 2.90. The van der Waals surface area contributed by atoms with Crippen LogP contribution in [0.15, 0.2) is 22.5 Å². The van der Waals surface area contributed by atoms with Crippen molar-refractivity contribution in [2.45, 2.75) is 18.7 Å². The van der Waals surface area contributed by atoms with E-state index in [0.29, 0.717) is 5.25 Å². The standard InChI is InChI=1S/C9H12N2S2/c1-7-5-10-9(13-7)11-6-8-3-2-4-12-8/h2-4,7H,5-6H2,1H3,(H,10,11). The zero-order chi connectivity index (χ0) is 9.10. The van der Waals surface area contributed by atoms with Gasteiger partial charge in [0.05, 0.1) is 13.1 Å². The van der Waals surface area contributed by atoms with Crippen LogP contribution in [0, 0.1) is 0 Å². The summed E-state index contributed by atoms with van der Waals surface area (Å²) in [6, 6.07) is 4.22. The molecule has 0 saturated carbocycles. The fraction of sp³-hybridized carbons (Fsp3) is 0.444. The van der Waals surface area contributed by atoms with Crippen LogP contribution in [0.25, 0.3) is 0 Å². The minimum Gasteiger partial charge on any atom is -0.360 e. The number of thioether (sulfide) groups is 1. The van der Waals surface area contributed by atoms with Crippen molar-refractivity contribution in [1.82, 2.24) is 5.32 Å². The minimum absolute atomic E-state index is 0.644. The summed E-state index contributed by atoms with van der Waals surface area (Å²) in [4.78, 5) is 5.75. The lowest BCUT2D eigenvalue weighted by atomic mass is 10.5. The first-order valence-electron chi connectivity index (χ1n) is 4.32. The van der Waals surface area contributed by atoms with E-state index < -0.39 is 0 Å². The summed E-state index contributed by atoms with van der Waals surface area (Å²) in [5.74, 6) is 0. The number of aliphatic imine (C=N–C) groups is 1. The van der Waals surface area contributed by atoms with E-state index in [9.17, 15) is 0 Å². The Morgan fingerprint density at radius 2 is 2.62 bits per heavy atom. The molecule has 1 aliphatic heterocycles. The molecular formula is C9H12N2S2. The molecule has 1 aromatic rings. The third kappa shape index (κ3) is 2.48. The number of amidine groups is 1. The van der Waals surface area contributed by atoms with Gasteiger partial charge in [0.2, 0.25) is 0 Å². The van der Waals surface area contributed by atoms with Crippen molar-refractivity contribution >= 4 is 28.3 Å². The number of hydrogen-bond acceptors (Lipinski definition) is 4. The van der Waals surface area contributed by atoms with E-state index in [1.165, 1.54) is 4.88 Å². The van der Waals surface area contributed by atoms with E-state index in [4.69, 9.17) is 0 Å². The predicted molar refractivity (Wildman–Crippen MR) is 60.5 cm³/mol. The molecule has 13 heavy (non-hydrogen) atoms. The summed E-state index contributed by atoms with van der Waals surface area (Å²) in [7, 11) is 0. The molecule has 1 N–H and O–H groups in total. The van der Waals surface area contributed by atoms with Crippen LogP contribution >= 0.6 is 23.1 Å². The van der Waals surface area contributed by atoms with Gasteiger partial charge in [-0.05, 0) is 11.4 Å². The Morgan fingerprint density at radius 1 is 1.69 bits per heavy atom. The normalized spacial score (nSPS) is 21.6. The van der Waals surface area contributed by atoms with Crippen LogP contribution < -0.4 is 5.32 Å². The number of thiophene rings is 1. The Bertz CT molecular complexity index is 293. The third-order valence-corrected chi connectivity index (χ3v) is 3.72. The topological polar surface area (TPSA) is 24.4 Å². The van der Waals surface area contributed by atoms with Gasteiger partial charge in [-0.3, -0.25) is 4.99 Å². The largest absolute Gasteiger partial charge is 0.360 e. The molecule has 70 valence electrons. The Morgan fingerprint density at radius 3 is 3.23 bits per heavy atom. The summed E-state index contributed by atoms with van der Waals surface area (Å²) in [6.45, 7) is 4.07. The van der Waals surface area contributed by atoms with Crippen LogP contribution in [0.1, 0.15) is 11.8 Å². The van der Waals surface area contributed by atoms with E-state index in [0.717, 1.165) is 18.3 Å². The lowest BCUT2D eigenvalue weighted by Crippen LogP contribution is -2.17. The van der Waals surface area contributed by atoms with Crippen molar-refractivity contribution in [1.29, 1.82) is 0 Å². The second-order valence-corrected chi connectivity index (χ2v) is 5.47. The molecule has 2 rings (SSSR count). The van der Waals surface area contributed by atoms with Crippen molar-refractivity contribution in [2.75, 3.05) is 6.54 Å². The highest BCUT2D eigenvalue weighted by Gasteiger charge is 2.13. The highest BCUT2D eigenvalue weighted by atomic mass is 32.2. The molecule has 0 bridgehead atoms. The molecular weight excluding hydrogens is 200 g/mol. The molecule has 0 radical (unpaired) electrons. The highest BCUT2D eigenvalue weighted by molar-refractivity contribution is 8.14. The van der Waals surface area contributed by atoms with Crippen LogP contribution in [-0.2, 0) is 6.54 Å². The Labute approximate surface area is 86.5 Å². The van der Waals surface area contributed by atoms with Crippen LogP contribution in [0.3, 0.4) is 0 Å². The summed E-state index contributed by atoms with van der Waals surface area (Å²) in [5, 5.41) is 7.18. The molecule has 0 aliphatic carbocycles. The molecule has 0 spiro atoms. The van der Waals surface area contributed by atoms with Gasteiger partial charge in [0.25, 0.3) is 0 Å². The molecule has 0 amide bonds. The first-order valence-corrected chi connectivity index (χ1v) is 6.08. The molecule has 1 aliphatic rings. The van der Waals surface area contributed by atoms with Crippen LogP contribution in [-0.4, -0.2) is 17.0 Å². The van der Waals surface area contributed by atoms with Crippen LogP contribution in [0.2, 0.25) is 0 Å². The molecule has 1 aromatic heterocycles. The zero-order valence-electron chi connectivity index (χ0n) is 7.49. The maximum Gasteiger partial charge on any atom is 0.157 e. The molecule has 0 aromatic carbocycles. The molecule has 2 nitrogen and oxygen atoms in total. The lowest BCUT2D eigenvalue weighted by molar-refractivity contribution is 0.928. The van der Waals surface area contributed by atoms with Gasteiger partial charge >= 0.3 is 0 Å². The fourth-order valence-electron chi connectivity index (χ4n) is 1.15. The van der Waals surface area contributed by atoms with E-state index in [1.54, 1.807) is 11.3 Å². The predicted octanol–water partition coefficient (Wildman–Crippen LogP) is 2.33. The molecule has 2 heterocycles. The van der Waals surface area contributed by atoms with Crippen molar-refractivity contribution in [3.63, 3.8) is 0 Å². The van der Waals surface area contributed by atoms with Gasteiger partial charge in [0.15, 0.2) is 5.17 Å². The third-order valence-electron chi connectivity index (χ3n) is 1.80. The van der Waals surface area contributed by atoms with Gasteiger partial charge in [-0.1, -0.05) is 24.8 Å². The zero-order valence-corrected chi connectivity index (χ0v) is 9.12. The van der Waals surface area contributed by atoms with E-state index >= 15 is 0 Å². The van der Waals surface area contributed by atoms with Crippen LogP contribution in [0.4, 0.5) is 0 Å². The average Bonchev–Trinajstić information content (AvgIpc) is 2.71. The van der Waals surface area contributed by atoms with Crippen molar-refractivity contribution in [2.24, 2.45) is 4.99 Å². The van der Waals surface area contributed by atoms with Crippen LogP contribution in [0.5, 0.6) is 0 Å². The monoisotopic (exact) mass is 212 g/mol. The molecule has 0 saturated heterocycles. The van der Waals surface area contributed by atoms with Gasteiger partial charge in [-0.2, -0.15) is 0 Å². The smallest absolute Gasteiger partial charge is 0.157 e. The summed E-state index contributed by atoms with van der Waals surface area (Å²) < 4.78 is 0. The Hall–Kier alpha value is -0.480. The minimum atomic E-state index is 0.644. The van der Waals surface area contributed by atoms with Crippen molar-refractivity contribution in [3.05, 3.63) is 22.4 Å². The fourth-order valence-corrected chi connectivity index (χ4v) is 2.63. The molecule has 1 unspecified atom stereocenters. The number of rotatable bonds is 2. The van der Waals surface area contributed by atoms with E-state index in [1.807, 2.05) is 11.8 Å². The van der Waals surface area contributed by atoms with Gasteiger partial charge in [0, 0.05) is 10.1 Å². The van der Waals surface area contributed by atoms with Gasteiger partial charge in [-0.15, -0.1) is 11.3 Å². The van der Waals surface area contributed by atoms with Gasteiger partial charge in [0.1, 0.15) is 0 Å². The average molecular weight is 212 g/mol. The van der Waals surface area contributed by atoms with E-state index in [-0.39, 0.29) is 0 Å². The van der Waals surface area contributed by atoms with E-state index in [2.05, 4.69) is 34.7 Å². The number of nitrogens with zero attached hydrogens (tertiary/aromatic N) is 1. The second-order valence-electron chi connectivity index (χ2n) is 3.01. The number of hydrogen-bond donors (Lipinski definition) is 1. The Balaban J connectivity index is 1.81. The second kappa shape index (κ2) is 4.15. The SMILES string of the molecule is CC1CN=C(NCc2cccs2)S1. The summed E-state index contributed by atoms with van der Waals surface area (Å²) in [6.07, 6.45) is 0. The quantitative estimate of drug-likeness (QED) is 0.813. The summed E-state index contributed by atoms with van der Waals surface area (Å²) in [5.41, 5.74) is 0. The maximum absolute atomic E-state index is 4.39. The van der Waals surface area contributed by atoms with Crippen molar-refractivity contribution < 1.29 is 0 Å². The highest BCUT2D eigenvalue weighted by Crippen LogP contribution is 2.19. The number of nitrogens with one attached hydrogen (secondary N) is 1. The van der Waals surface area contributed by atoms with Crippen molar-refractivity contribution in [3.8, 4) is 0 Å². The van der Waals surface area contributed by atoms with Gasteiger partial charge in [-0.25, -0.2) is 0 Å². The first kappa shape index (κ1) is 9.09. The molecule has 0 fully saturated rings. The lowest BCUT2D eigenvalue weighted by Gasteiger charge is -2.03. The maximum atomic E-state index is 4.39. The summed E-state index contributed by atoms with van der Waals surface area (Å²) >= 11 is 3.61. The molecule has 4 heteroatoms. The first-order chi connectivity index (χ1) is 6.34. The molecule has 1 atom stereocenters. The van der Waals surface area contributed by atoms with Gasteiger partial charge < -0.3 is 5.32 Å².